The van der Waals surface area contributed by atoms with Crippen molar-refractivity contribution < 1.29 is 5.11 Å². The highest BCUT2D eigenvalue weighted by Crippen LogP contribution is 2.32. The smallest absolute Gasteiger partial charge is 0.115 e. The summed E-state index contributed by atoms with van der Waals surface area (Å²) in [5, 5.41) is 12.7. The highest BCUT2D eigenvalue weighted by molar-refractivity contribution is 5.26. The molecule has 2 nitrogen and oxygen atoms in total. The minimum absolute atomic E-state index is 0.350. The van der Waals surface area contributed by atoms with E-state index in [2.05, 4.69) is 12.2 Å². The molecular formula is C12H17NO. The molecule has 1 saturated carbocycles. The van der Waals surface area contributed by atoms with E-state index in [0.29, 0.717) is 11.8 Å². The summed E-state index contributed by atoms with van der Waals surface area (Å²) in [7, 11) is 0. The summed E-state index contributed by atoms with van der Waals surface area (Å²) in [6.07, 6.45) is 2.74. The van der Waals surface area contributed by atoms with Crippen LogP contribution in [0.5, 0.6) is 5.75 Å². The van der Waals surface area contributed by atoms with Crippen molar-refractivity contribution in [2.75, 3.05) is 0 Å². The Morgan fingerprint density at radius 3 is 2.93 bits per heavy atom. The predicted octanol–water partition coefficient (Wildman–Crippen LogP) is 2.28. The van der Waals surface area contributed by atoms with Crippen LogP contribution in [-0.4, -0.2) is 11.1 Å². The van der Waals surface area contributed by atoms with E-state index in [9.17, 15) is 5.11 Å². The standard InChI is InChI=1S/C12H17NO/c1-9(11-5-6-11)13-8-10-3-2-4-12(14)7-10/h2-4,7,9,11,13-14H,5-6,8H2,1H3/t9-/m0/s1. The molecule has 1 aromatic rings. The van der Waals surface area contributed by atoms with E-state index in [1.165, 1.54) is 12.8 Å². The monoisotopic (exact) mass is 191 g/mol. The van der Waals surface area contributed by atoms with E-state index >= 15 is 0 Å². The fourth-order valence-electron chi connectivity index (χ4n) is 1.71. The lowest BCUT2D eigenvalue weighted by molar-refractivity contribution is 0.470. The van der Waals surface area contributed by atoms with E-state index in [4.69, 9.17) is 0 Å². The summed E-state index contributed by atoms with van der Waals surface area (Å²) in [5.74, 6) is 1.23. The zero-order chi connectivity index (χ0) is 9.97. The van der Waals surface area contributed by atoms with Gasteiger partial charge in [0.25, 0.3) is 0 Å². The Hall–Kier alpha value is -1.02. The van der Waals surface area contributed by atoms with Gasteiger partial charge >= 0.3 is 0 Å². The zero-order valence-corrected chi connectivity index (χ0v) is 8.53. The fraction of sp³-hybridized carbons (Fsp3) is 0.500. The Morgan fingerprint density at radius 1 is 1.50 bits per heavy atom. The second-order valence-electron chi connectivity index (χ2n) is 4.18. The number of phenols is 1. The first-order valence-electron chi connectivity index (χ1n) is 5.27. The summed E-state index contributed by atoms with van der Waals surface area (Å²) in [6.45, 7) is 3.09. The molecule has 0 aliphatic heterocycles. The van der Waals surface area contributed by atoms with Crippen LogP contribution in [0, 0.1) is 5.92 Å². The third-order valence-corrected chi connectivity index (χ3v) is 2.87. The second-order valence-corrected chi connectivity index (χ2v) is 4.18. The summed E-state index contributed by atoms with van der Waals surface area (Å²) in [6, 6.07) is 8.04. The Balaban J connectivity index is 1.84. The fourth-order valence-corrected chi connectivity index (χ4v) is 1.71. The van der Waals surface area contributed by atoms with Crippen molar-refractivity contribution in [1.29, 1.82) is 0 Å². The Kier molecular flexibility index (Phi) is 2.73. The molecule has 0 bridgehead atoms. The lowest BCUT2D eigenvalue weighted by Crippen LogP contribution is -2.27. The van der Waals surface area contributed by atoms with E-state index in [1.54, 1.807) is 6.07 Å². The van der Waals surface area contributed by atoms with Crippen molar-refractivity contribution in [2.45, 2.75) is 32.4 Å². The van der Waals surface area contributed by atoms with Crippen LogP contribution in [-0.2, 0) is 6.54 Å². The van der Waals surface area contributed by atoms with Gasteiger partial charge in [0.15, 0.2) is 0 Å². The van der Waals surface area contributed by atoms with Gasteiger partial charge < -0.3 is 10.4 Å². The number of hydrogen-bond acceptors (Lipinski definition) is 2. The molecule has 1 aromatic carbocycles. The van der Waals surface area contributed by atoms with Gasteiger partial charge in [0.1, 0.15) is 5.75 Å². The number of nitrogens with one attached hydrogen (secondary N) is 1. The molecule has 14 heavy (non-hydrogen) atoms. The average Bonchev–Trinajstić information content (AvgIpc) is 2.97. The molecule has 0 heterocycles. The van der Waals surface area contributed by atoms with Crippen molar-refractivity contribution in [2.24, 2.45) is 5.92 Å². The maximum Gasteiger partial charge on any atom is 0.115 e. The van der Waals surface area contributed by atoms with Gasteiger partial charge in [-0.3, -0.25) is 0 Å². The molecule has 1 aliphatic carbocycles. The maximum atomic E-state index is 9.27. The molecule has 2 rings (SSSR count). The van der Waals surface area contributed by atoms with Gasteiger partial charge in [-0.15, -0.1) is 0 Å². The number of hydrogen-bond donors (Lipinski definition) is 2. The molecule has 2 heteroatoms. The number of rotatable bonds is 4. The van der Waals surface area contributed by atoms with Gasteiger partial charge in [-0.25, -0.2) is 0 Å². The highest BCUT2D eigenvalue weighted by atomic mass is 16.3. The first-order valence-corrected chi connectivity index (χ1v) is 5.27. The highest BCUT2D eigenvalue weighted by Gasteiger charge is 2.27. The number of phenolic OH excluding ortho intramolecular Hbond substituents is 1. The summed E-state index contributed by atoms with van der Waals surface area (Å²) in [5.41, 5.74) is 1.15. The first kappa shape index (κ1) is 9.53. The van der Waals surface area contributed by atoms with Gasteiger partial charge in [-0.05, 0) is 43.4 Å². The van der Waals surface area contributed by atoms with Gasteiger partial charge in [-0.2, -0.15) is 0 Å². The molecule has 0 saturated heterocycles. The van der Waals surface area contributed by atoms with E-state index < -0.39 is 0 Å². The molecule has 0 radical (unpaired) electrons. The van der Waals surface area contributed by atoms with Crippen LogP contribution in [0.1, 0.15) is 25.3 Å². The number of benzene rings is 1. The van der Waals surface area contributed by atoms with Crippen LogP contribution >= 0.6 is 0 Å². The Bertz CT molecular complexity index is 307. The molecule has 0 unspecified atom stereocenters. The molecular weight excluding hydrogens is 174 g/mol. The van der Waals surface area contributed by atoms with Crippen LogP contribution < -0.4 is 5.32 Å². The molecule has 2 N–H and O–H groups in total. The topological polar surface area (TPSA) is 32.3 Å². The van der Waals surface area contributed by atoms with Crippen molar-refractivity contribution in [3.05, 3.63) is 29.8 Å². The normalized spacial score (nSPS) is 18.1. The quantitative estimate of drug-likeness (QED) is 0.765. The third kappa shape index (κ3) is 2.48. The van der Waals surface area contributed by atoms with Crippen molar-refractivity contribution in [3.8, 4) is 5.75 Å². The number of aromatic hydroxyl groups is 1. The minimum Gasteiger partial charge on any atom is -0.508 e. The molecule has 76 valence electrons. The Morgan fingerprint density at radius 2 is 2.29 bits per heavy atom. The predicted molar refractivity (Wildman–Crippen MR) is 57.1 cm³/mol. The van der Waals surface area contributed by atoms with Crippen LogP contribution in [0.15, 0.2) is 24.3 Å². The van der Waals surface area contributed by atoms with Gasteiger partial charge in [0.05, 0.1) is 0 Å². The largest absolute Gasteiger partial charge is 0.508 e. The van der Waals surface area contributed by atoms with Crippen molar-refractivity contribution in [3.63, 3.8) is 0 Å². The van der Waals surface area contributed by atoms with Gasteiger partial charge in [0.2, 0.25) is 0 Å². The molecule has 1 atom stereocenters. The van der Waals surface area contributed by atoms with Crippen LogP contribution in [0.4, 0.5) is 0 Å². The van der Waals surface area contributed by atoms with Crippen LogP contribution in [0.2, 0.25) is 0 Å². The lowest BCUT2D eigenvalue weighted by Gasteiger charge is -2.12. The molecule has 0 aromatic heterocycles. The van der Waals surface area contributed by atoms with Gasteiger partial charge in [0, 0.05) is 12.6 Å². The maximum absolute atomic E-state index is 9.27. The first-order chi connectivity index (χ1) is 6.75. The minimum atomic E-state index is 0.350. The summed E-state index contributed by atoms with van der Waals surface area (Å²) in [4.78, 5) is 0. The average molecular weight is 191 g/mol. The zero-order valence-electron chi connectivity index (χ0n) is 8.53. The van der Waals surface area contributed by atoms with E-state index in [1.807, 2.05) is 18.2 Å². The van der Waals surface area contributed by atoms with E-state index in [0.717, 1.165) is 18.0 Å². The van der Waals surface area contributed by atoms with Crippen LogP contribution in [0.25, 0.3) is 0 Å². The van der Waals surface area contributed by atoms with Crippen LogP contribution in [0.3, 0.4) is 0 Å². The van der Waals surface area contributed by atoms with Gasteiger partial charge in [-0.1, -0.05) is 12.1 Å². The Labute approximate surface area is 85.0 Å². The molecule has 1 fully saturated rings. The molecule has 0 spiro atoms. The SMILES string of the molecule is C[C@H](NCc1cccc(O)c1)C1CC1. The summed E-state index contributed by atoms with van der Waals surface area (Å²) >= 11 is 0. The third-order valence-electron chi connectivity index (χ3n) is 2.87. The molecule has 1 aliphatic rings. The van der Waals surface area contributed by atoms with Crippen molar-refractivity contribution in [1.82, 2.24) is 5.32 Å². The lowest BCUT2D eigenvalue weighted by atomic mass is 10.1. The second kappa shape index (κ2) is 4.01. The summed E-state index contributed by atoms with van der Waals surface area (Å²) < 4.78 is 0. The van der Waals surface area contributed by atoms with E-state index in [-0.39, 0.29) is 0 Å². The van der Waals surface area contributed by atoms with Crippen molar-refractivity contribution >= 4 is 0 Å². The molecule has 0 amide bonds.